The molecule has 3 saturated heterocycles. The third-order valence-corrected chi connectivity index (χ3v) is 9.90. The number of hydrogen-bond donors (Lipinski definition) is 1. The van der Waals surface area contributed by atoms with Crippen LogP contribution in [0.2, 0.25) is 0 Å². The number of piperidine rings is 1. The zero-order valence-corrected chi connectivity index (χ0v) is 27.6. The third kappa shape index (κ3) is 6.39. The molecule has 0 unspecified atom stereocenters. The third-order valence-electron chi connectivity index (χ3n) is 9.90. The van der Waals surface area contributed by atoms with Gasteiger partial charge in [-0.2, -0.15) is 10.4 Å². The molecular weight excluding hydrogens is 604 g/mol. The van der Waals surface area contributed by atoms with Crippen molar-refractivity contribution in [2.75, 3.05) is 58.2 Å². The first kappa shape index (κ1) is 31.8. The van der Waals surface area contributed by atoms with Crippen LogP contribution in [0.15, 0.2) is 78.5 Å². The molecule has 7 rings (SSSR count). The molecule has 3 fully saturated rings. The van der Waals surface area contributed by atoms with Crippen molar-refractivity contribution >= 4 is 22.6 Å². The summed E-state index contributed by atoms with van der Waals surface area (Å²) in [4.78, 5) is 24.9. The highest BCUT2D eigenvalue weighted by atomic mass is 16.5. The Bertz CT molecular complexity index is 1830. The Morgan fingerprint density at radius 3 is 2.42 bits per heavy atom. The minimum Gasteiger partial charge on any atom is -0.457 e. The normalized spacial score (nSPS) is 20.0. The smallest absolute Gasteiger partial charge is 0.264 e. The summed E-state index contributed by atoms with van der Waals surface area (Å²) < 4.78 is 13.4. The molecule has 1 amide bonds. The van der Waals surface area contributed by atoms with Gasteiger partial charge in [-0.3, -0.25) is 19.3 Å². The highest BCUT2D eigenvalue weighted by Gasteiger charge is 2.35. The molecule has 4 aromatic rings. The van der Waals surface area contributed by atoms with Crippen LogP contribution in [0.25, 0.3) is 22.2 Å². The van der Waals surface area contributed by atoms with Crippen LogP contribution in [-0.2, 0) is 9.53 Å². The van der Waals surface area contributed by atoms with E-state index in [1.165, 1.54) is 0 Å². The van der Waals surface area contributed by atoms with E-state index in [0.717, 1.165) is 85.9 Å². The maximum absolute atomic E-state index is 13.9. The number of likely N-dealkylation sites (tertiary alicyclic amines) is 1. The number of para-hydroxylation sites is 1. The summed E-state index contributed by atoms with van der Waals surface area (Å²) in [5.74, 6) is 1.66. The molecule has 48 heavy (non-hydrogen) atoms. The van der Waals surface area contributed by atoms with Crippen molar-refractivity contribution < 1.29 is 14.3 Å². The molecule has 248 valence electrons. The van der Waals surface area contributed by atoms with Gasteiger partial charge in [-0.1, -0.05) is 18.2 Å². The zero-order chi connectivity index (χ0) is 33.3. The number of anilines is 1. The van der Waals surface area contributed by atoms with Gasteiger partial charge < -0.3 is 20.1 Å². The van der Waals surface area contributed by atoms with Gasteiger partial charge in [0.2, 0.25) is 0 Å². The van der Waals surface area contributed by atoms with Crippen molar-refractivity contribution in [2.24, 2.45) is 0 Å². The number of rotatable bonds is 8. The number of carbonyl (C=O) groups is 1. The summed E-state index contributed by atoms with van der Waals surface area (Å²) in [6.45, 7) is 10.5. The quantitative estimate of drug-likeness (QED) is 0.211. The van der Waals surface area contributed by atoms with Gasteiger partial charge in [0.1, 0.15) is 34.7 Å². The van der Waals surface area contributed by atoms with Crippen molar-refractivity contribution in [3.8, 4) is 28.8 Å². The van der Waals surface area contributed by atoms with Gasteiger partial charge in [-0.05, 0) is 75.2 Å². The van der Waals surface area contributed by atoms with E-state index in [4.69, 9.17) is 20.3 Å². The Hall–Kier alpha value is -4.76. The number of carbonyl (C=O) groups excluding carboxylic acids is 1. The fraction of sp³-hybridized carbons (Fsp3) is 0.405. The zero-order valence-electron chi connectivity index (χ0n) is 27.6. The van der Waals surface area contributed by atoms with Crippen LogP contribution in [0.4, 0.5) is 5.82 Å². The van der Waals surface area contributed by atoms with E-state index >= 15 is 0 Å². The fourth-order valence-corrected chi connectivity index (χ4v) is 7.09. The highest BCUT2D eigenvalue weighted by molar-refractivity contribution is 6.00. The maximum Gasteiger partial charge on any atom is 0.264 e. The average molecular weight is 647 g/mol. The number of nitrogens with two attached hydrogens (primary N) is 1. The molecule has 2 aromatic carbocycles. The summed E-state index contributed by atoms with van der Waals surface area (Å²) in [7, 11) is 0. The standard InChI is InChI=1S/C37H42N8O3/c1-37(2,44-19-17-42(18-20-44)29-24-47-25-29)21-27(22-38)36(46)43-16-6-7-28(23-43)45-32-14-15-40-35(39)33(32)34(41-45)26-10-12-31(13-11-26)48-30-8-4-3-5-9-30/h3-5,8-15,21,28-29H,6-7,16-20,23-25H2,1-2H3,(H2,39,40)/b27-21+/t28-/m1/s1. The largest absolute Gasteiger partial charge is 0.457 e. The van der Waals surface area contributed by atoms with Crippen LogP contribution in [0.5, 0.6) is 11.5 Å². The van der Waals surface area contributed by atoms with Gasteiger partial charge in [0.25, 0.3) is 5.91 Å². The maximum atomic E-state index is 13.9. The summed E-state index contributed by atoms with van der Waals surface area (Å²) in [6.07, 6.45) is 5.20. The lowest BCUT2D eigenvalue weighted by atomic mass is 9.96. The molecule has 1 atom stereocenters. The van der Waals surface area contributed by atoms with E-state index in [1.807, 2.05) is 71.4 Å². The number of fused-ring (bicyclic) bond motifs is 1. The van der Waals surface area contributed by atoms with Crippen molar-refractivity contribution in [2.45, 2.75) is 44.3 Å². The first-order chi connectivity index (χ1) is 23.3. The minimum atomic E-state index is -0.433. The SMILES string of the molecule is CC(C)(/C=C(\C#N)C(=O)N1CCC[C@@H](n2nc(-c3ccc(Oc4ccccc4)cc3)c3c(N)nccc32)C1)N1CCN(C2COC2)CC1. The number of nitriles is 1. The minimum absolute atomic E-state index is 0.0852. The van der Waals surface area contributed by atoms with Crippen molar-refractivity contribution in [1.82, 2.24) is 29.5 Å². The lowest BCUT2D eigenvalue weighted by molar-refractivity contribution is -0.128. The van der Waals surface area contributed by atoms with Crippen molar-refractivity contribution in [1.29, 1.82) is 5.26 Å². The predicted octanol–water partition coefficient (Wildman–Crippen LogP) is 4.88. The number of nitrogens with zero attached hydrogens (tertiary/aromatic N) is 7. The number of benzene rings is 2. The second-order valence-corrected chi connectivity index (χ2v) is 13.4. The van der Waals surface area contributed by atoms with E-state index in [-0.39, 0.29) is 17.5 Å². The van der Waals surface area contributed by atoms with Crippen LogP contribution < -0.4 is 10.5 Å². The topological polar surface area (TPSA) is 126 Å². The molecule has 11 nitrogen and oxygen atoms in total. The molecule has 3 aliphatic heterocycles. The highest BCUT2D eigenvalue weighted by Crippen LogP contribution is 2.36. The number of pyridine rings is 1. The van der Waals surface area contributed by atoms with Crippen LogP contribution in [0.1, 0.15) is 32.7 Å². The number of ether oxygens (including phenoxy) is 2. The Morgan fingerprint density at radius 1 is 1.00 bits per heavy atom. The number of amides is 1. The van der Waals surface area contributed by atoms with Crippen LogP contribution in [0.3, 0.4) is 0 Å². The molecule has 11 heteroatoms. The first-order valence-corrected chi connectivity index (χ1v) is 16.8. The second kappa shape index (κ2) is 13.4. The molecule has 2 aromatic heterocycles. The molecule has 0 bridgehead atoms. The van der Waals surface area contributed by atoms with E-state index in [1.54, 1.807) is 11.1 Å². The molecule has 2 N–H and O–H groups in total. The van der Waals surface area contributed by atoms with Gasteiger partial charge >= 0.3 is 0 Å². The number of hydrogen-bond acceptors (Lipinski definition) is 9. The molecule has 0 aliphatic carbocycles. The van der Waals surface area contributed by atoms with Gasteiger partial charge in [0, 0.05) is 56.6 Å². The van der Waals surface area contributed by atoms with Crippen LogP contribution in [0, 0.1) is 11.3 Å². The van der Waals surface area contributed by atoms with Gasteiger partial charge in [0.05, 0.1) is 36.2 Å². The van der Waals surface area contributed by atoms with Crippen molar-refractivity contribution in [3.63, 3.8) is 0 Å². The molecular formula is C37H42N8O3. The number of nitrogen functional groups attached to an aromatic ring is 1. The van der Waals surface area contributed by atoms with Crippen LogP contribution in [-0.4, -0.2) is 99.4 Å². The fourth-order valence-electron chi connectivity index (χ4n) is 7.09. The average Bonchev–Trinajstić information content (AvgIpc) is 3.48. The summed E-state index contributed by atoms with van der Waals surface area (Å²) >= 11 is 0. The number of piperazine rings is 1. The molecule has 0 saturated carbocycles. The Labute approximate surface area is 281 Å². The monoisotopic (exact) mass is 646 g/mol. The lowest BCUT2D eigenvalue weighted by Crippen LogP contribution is -2.59. The van der Waals surface area contributed by atoms with Crippen LogP contribution >= 0.6 is 0 Å². The van der Waals surface area contributed by atoms with E-state index in [0.29, 0.717) is 24.9 Å². The molecule has 3 aliphatic rings. The molecule has 0 spiro atoms. The van der Waals surface area contributed by atoms with E-state index in [9.17, 15) is 10.1 Å². The Morgan fingerprint density at radius 2 is 1.73 bits per heavy atom. The van der Waals surface area contributed by atoms with Gasteiger partial charge in [-0.25, -0.2) is 4.98 Å². The molecule has 0 radical (unpaired) electrons. The van der Waals surface area contributed by atoms with Gasteiger partial charge in [-0.15, -0.1) is 0 Å². The Balaban J connectivity index is 1.09. The summed E-state index contributed by atoms with van der Waals surface area (Å²) in [6, 6.07) is 22.0. The van der Waals surface area contributed by atoms with E-state index < -0.39 is 5.54 Å². The molecule has 5 heterocycles. The first-order valence-electron chi connectivity index (χ1n) is 16.8. The predicted molar refractivity (Wildman–Crippen MR) is 184 cm³/mol. The second-order valence-electron chi connectivity index (χ2n) is 13.4. The summed E-state index contributed by atoms with van der Waals surface area (Å²) in [5, 5.41) is 16.0. The van der Waals surface area contributed by atoms with Crippen molar-refractivity contribution in [3.05, 3.63) is 78.5 Å². The summed E-state index contributed by atoms with van der Waals surface area (Å²) in [5.41, 5.74) is 8.69. The lowest BCUT2D eigenvalue weighted by Gasteiger charge is -2.46. The van der Waals surface area contributed by atoms with E-state index in [2.05, 4.69) is 34.7 Å². The number of aromatic nitrogens is 3. The van der Waals surface area contributed by atoms with Gasteiger partial charge in [0.15, 0.2) is 0 Å². The Kier molecular flexibility index (Phi) is 8.88.